The predicted octanol–water partition coefficient (Wildman–Crippen LogP) is 3.14. The summed E-state index contributed by atoms with van der Waals surface area (Å²) in [6, 6.07) is 9.94. The molecule has 0 radical (unpaired) electrons. The molecule has 0 aliphatic heterocycles. The van der Waals surface area contributed by atoms with Crippen molar-refractivity contribution in [3.63, 3.8) is 0 Å². The Balaban J connectivity index is 2.10. The summed E-state index contributed by atoms with van der Waals surface area (Å²) in [6.07, 6.45) is 3.54. The van der Waals surface area contributed by atoms with Crippen LogP contribution in [0, 0.1) is 0 Å². The van der Waals surface area contributed by atoms with E-state index in [1.54, 1.807) is 0 Å². The molecule has 3 heteroatoms. The van der Waals surface area contributed by atoms with Crippen LogP contribution in [0.3, 0.4) is 0 Å². The van der Waals surface area contributed by atoms with Gasteiger partial charge in [-0.1, -0.05) is 39.0 Å². The normalized spacial score (nSPS) is 11.5. The van der Waals surface area contributed by atoms with Crippen molar-refractivity contribution < 1.29 is 0 Å². The van der Waals surface area contributed by atoms with E-state index >= 15 is 0 Å². The average Bonchev–Trinajstić information content (AvgIpc) is 2.37. The van der Waals surface area contributed by atoms with Gasteiger partial charge in [0.2, 0.25) is 0 Å². The first-order chi connectivity index (χ1) is 8.97. The molecule has 0 spiro atoms. The monoisotopic (exact) mass is 255 g/mol. The van der Waals surface area contributed by atoms with E-state index in [0.29, 0.717) is 0 Å². The summed E-state index contributed by atoms with van der Waals surface area (Å²) < 4.78 is 0. The van der Waals surface area contributed by atoms with Crippen LogP contribution in [0.2, 0.25) is 0 Å². The van der Waals surface area contributed by atoms with Crippen molar-refractivity contribution in [3.8, 4) is 0 Å². The number of para-hydroxylation sites is 1. The molecule has 3 nitrogen and oxygen atoms in total. The van der Waals surface area contributed by atoms with Crippen LogP contribution in [-0.4, -0.2) is 9.97 Å². The van der Waals surface area contributed by atoms with E-state index < -0.39 is 0 Å². The molecule has 1 heterocycles. The number of aromatic nitrogens is 2. The Labute approximate surface area is 114 Å². The molecule has 2 N–H and O–H groups in total. The number of rotatable bonds is 3. The first-order valence-corrected chi connectivity index (χ1v) is 6.62. The third kappa shape index (κ3) is 3.53. The second-order valence-electron chi connectivity index (χ2n) is 5.81. The molecule has 2 aromatic rings. The van der Waals surface area contributed by atoms with Gasteiger partial charge in [0.1, 0.15) is 5.82 Å². The highest BCUT2D eigenvalue weighted by Gasteiger charge is 2.15. The molecular weight excluding hydrogens is 234 g/mol. The number of hydrogen-bond donors (Lipinski definition) is 1. The zero-order valence-electron chi connectivity index (χ0n) is 11.9. The van der Waals surface area contributed by atoms with Gasteiger partial charge in [0.05, 0.1) is 0 Å². The molecular formula is C16H21N3. The van der Waals surface area contributed by atoms with Crippen molar-refractivity contribution in [2.45, 2.75) is 39.0 Å². The molecule has 0 aliphatic carbocycles. The van der Waals surface area contributed by atoms with Gasteiger partial charge in [-0.25, -0.2) is 9.97 Å². The van der Waals surface area contributed by atoms with E-state index in [4.69, 9.17) is 5.73 Å². The van der Waals surface area contributed by atoms with E-state index in [1.807, 2.05) is 30.5 Å². The number of hydrogen-bond acceptors (Lipinski definition) is 3. The number of nitrogens with zero attached hydrogens (tertiary/aromatic N) is 2. The van der Waals surface area contributed by atoms with Gasteiger partial charge in [0, 0.05) is 29.4 Å². The second kappa shape index (κ2) is 5.39. The molecule has 0 aliphatic rings. The highest BCUT2D eigenvalue weighted by Crippen LogP contribution is 2.19. The van der Waals surface area contributed by atoms with Crippen LogP contribution in [0.1, 0.15) is 37.9 Å². The summed E-state index contributed by atoms with van der Waals surface area (Å²) in [5, 5.41) is 0. The van der Waals surface area contributed by atoms with E-state index in [0.717, 1.165) is 35.6 Å². The lowest BCUT2D eigenvalue weighted by atomic mass is 9.92. The van der Waals surface area contributed by atoms with Gasteiger partial charge in [-0.15, -0.1) is 0 Å². The molecule has 0 atom stereocenters. The average molecular weight is 255 g/mol. The number of nitrogens with two attached hydrogens (primary N) is 1. The minimum atomic E-state index is 0.0590. The summed E-state index contributed by atoms with van der Waals surface area (Å²) in [7, 11) is 0. The third-order valence-corrected chi connectivity index (χ3v) is 3.15. The fourth-order valence-corrected chi connectivity index (χ4v) is 1.95. The quantitative estimate of drug-likeness (QED) is 0.857. The summed E-state index contributed by atoms with van der Waals surface area (Å²) in [5.74, 6) is 0.885. The Hall–Kier alpha value is -1.90. The number of anilines is 1. The SMILES string of the molecule is CC(C)(C)c1ccnc(CCc2ccccc2N)n1. The van der Waals surface area contributed by atoms with Gasteiger partial charge >= 0.3 is 0 Å². The number of aryl methyl sites for hydroxylation is 2. The third-order valence-electron chi connectivity index (χ3n) is 3.15. The standard InChI is InChI=1S/C16H21N3/c1-16(2,3)14-10-11-18-15(19-14)9-8-12-6-4-5-7-13(12)17/h4-7,10-11H,8-9,17H2,1-3H3. The lowest BCUT2D eigenvalue weighted by Gasteiger charge is -2.17. The first kappa shape index (κ1) is 13.5. The van der Waals surface area contributed by atoms with Crippen molar-refractivity contribution in [2.75, 3.05) is 5.73 Å². The lowest BCUT2D eigenvalue weighted by Crippen LogP contribution is -2.15. The van der Waals surface area contributed by atoms with E-state index in [-0.39, 0.29) is 5.41 Å². The number of nitrogen functional groups attached to an aromatic ring is 1. The van der Waals surface area contributed by atoms with Gasteiger partial charge < -0.3 is 5.73 Å². The van der Waals surface area contributed by atoms with Crippen molar-refractivity contribution in [1.29, 1.82) is 0 Å². The molecule has 0 amide bonds. The van der Waals surface area contributed by atoms with Crippen LogP contribution in [0.5, 0.6) is 0 Å². The van der Waals surface area contributed by atoms with E-state index in [9.17, 15) is 0 Å². The lowest BCUT2D eigenvalue weighted by molar-refractivity contribution is 0.561. The zero-order valence-corrected chi connectivity index (χ0v) is 11.9. The van der Waals surface area contributed by atoms with Gasteiger partial charge in [-0.05, 0) is 24.1 Å². The highest BCUT2D eigenvalue weighted by molar-refractivity contribution is 5.46. The van der Waals surface area contributed by atoms with Gasteiger partial charge in [-0.3, -0.25) is 0 Å². The maximum absolute atomic E-state index is 5.94. The van der Waals surface area contributed by atoms with Crippen molar-refractivity contribution >= 4 is 5.69 Å². The van der Waals surface area contributed by atoms with Crippen molar-refractivity contribution in [1.82, 2.24) is 9.97 Å². The van der Waals surface area contributed by atoms with Crippen molar-refractivity contribution in [2.24, 2.45) is 0 Å². The molecule has 1 aromatic carbocycles. The zero-order chi connectivity index (χ0) is 13.9. The summed E-state index contributed by atoms with van der Waals surface area (Å²) >= 11 is 0. The van der Waals surface area contributed by atoms with E-state index in [1.165, 1.54) is 0 Å². The maximum Gasteiger partial charge on any atom is 0.128 e. The molecule has 19 heavy (non-hydrogen) atoms. The van der Waals surface area contributed by atoms with Crippen LogP contribution in [0.4, 0.5) is 5.69 Å². The molecule has 0 saturated carbocycles. The Bertz CT molecular complexity index is 556. The Morgan fingerprint density at radius 2 is 1.79 bits per heavy atom. The number of benzene rings is 1. The van der Waals surface area contributed by atoms with E-state index in [2.05, 4.69) is 36.8 Å². The Morgan fingerprint density at radius 3 is 2.47 bits per heavy atom. The van der Waals surface area contributed by atoms with Crippen LogP contribution in [0.15, 0.2) is 36.5 Å². The minimum Gasteiger partial charge on any atom is -0.399 e. The van der Waals surface area contributed by atoms with Crippen LogP contribution in [-0.2, 0) is 18.3 Å². The molecule has 100 valence electrons. The van der Waals surface area contributed by atoms with Gasteiger partial charge in [0.25, 0.3) is 0 Å². The molecule has 2 rings (SSSR count). The minimum absolute atomic E-state index is 0.0590. The topological polar surface area (TPSA) is 51.8 Å². The smallest absolute Gasteiger partial charge is 0.128 e. The van der Waals surface area contributed by atoms with Crippen LogP contribution in [0.25, 0.3) is 0 Å². The van der Waals surface area contributed by atoms with Crippen LogP contribution < -0.4 is 5.73 Å². The highest BCUT2D eigenvalue weighted by atomic mass is 14.9. The maximum atomic E-state index is 5.94. The Morgan fingerprint density at radius 1 is 1.05 bits per heavy atom. The summed E-state index contributed by atoms with van der Waals surface area (Å²) in [5.41, 5.74) is 9.09. The van der Waals surface area contributed by atoms with Crippen LogP contribution >= 0.6 is 0 Å². The fraction of sp³-hybridized carbons (Fsp3) is 0.375. The molecule has 0 unspecified atom stereocenters. The fourth-order valence-electron chi connectivity index (χ4n) is 1.95. The summed E-state index contributed by atoms with van der Waals surface area (Å²) in [6.45, 7) is 6.48. The summed E-state index contributed by atoms with van der Waals surface area (Å²) in [4.78, 5) is 8.98. The predicted molar refractivity (Wildman–Crippen MR) is 79.0 cm³/mol. The Kier molecular flexibility index (Phi) is 3.84. The second-order valence-corrected chi connectivity index (χ2v) is 5.81. The molecule has 0 saturated heterocycles. The largest absolute Gasteiger partial charge is 0.399 e. The van der Waals surface area contributed by atoms with Gasteiger partial charge in [-0.2, -0.15) is 0 Å². The van der Waals surface area contributed by atoms with Gasteiger partial charge in [0.15, 0.2) is 0 Å². The molecule has 0 fully saturated rings. The van der Waals surface area contributed by atoms with Crippen molar-refractivity contribution in [3.05, 3.63) is 53.6 Å². The first-order valence-electron chi connectivity index (χ1n) is 6.62. The molecule has 1 aromatic heterocycles. The molecule has 0 bridgehead atoms.